The molecule has 0 saturated carbocycles. The third kappa shape index (κ3) is 3.64. The maximum absolute atomic E-state index is 12.6. The molecule has 2 saturated heterocycles. The lowest BCUT2D eigenvalue weighted by Gasteiger charge is -2.40. The maximum atomic E-state index is 12.6. The number of hydrogen-bond donors (Lipinski definition) is 0. The lowest BCUT2D eigenvalue weighted by molar-refractivity contribution is 0.160. The van der Waals surface area contributed by atoms with Crippen LogP contribution >= 0.6 is 0 Å². The highest BCUT2D eigenvalue weighted by atomic mass is 32.2. The highest BCUT2D eigenvalue weighted by Gasteiger charge is 2.39. The molecule has 7 nitrogen and oxygen atoms in total. The first kappa shape index (κ1) is 16.6. The first-order valence-electron chi connectivity index (χ1n) is 8.27. The summed E-state index contributed by atoms with van der Waals surface area (Å²) in [6.45, 7) is 4.52. The molecule has 0 radical (unpaired) electrons. The van der Waals surface area contributed by atoms with Gasteiger partial charge in [-0.3, -0.25) is 4.79 Å². The second-order valence-corrected chi connectivity index (χ2v) is 8.43. The lowest BCUT2D eigenvalue weighted by atomic mass is 10.0. The molecule has 0 amide bonds. The smallest absolute Gasteiger partial charge is 0.268 e. The quantitative estimate of drug-likeness (QED) is 0.804. The molecule has 23 heavy (non-hydrogen) atoms. The second-order valence-electron chi connectivity index (χ2n) is 6.50. The van der Waals surface area contributed by atoms with E-state index < -0.39 is 10.2 Å². The first-order valence-corrected chi connectivity index (χ1v) is 9.66. The molecule has 0 aliphatic carbocycles. The van der Waals surface area contributed by atoms with E-state index in [0.717, 1.165) is 31.4 Å². The van der Waals surface area contributed by atoms with Gasteiger partial charge >= 0.3 is 0 Å². The Kier molecular flexibility index (Phi) is 4.84. The molecule has 128 valence electrons. The van der Waals surface area contributed by atoms with Crippen molar-refractivity contribution in [3.8, 4) is 0 Å². The van der Waals surface area contributed by atoms with E-state index in [1.807, 2.05) is 6.92 Å². The molecule has 0 aromatic carbocycles. The van der Waals surface area contributed by atoms with E-state index >= 15 is 0 Å². The van der Waals surface area contributed by atoms with E-state index in [1.54, 1.807) is 10.4 Å². The molecule has 8 heteroatoms. The largest absolute Gasteiger partial charge is 0.281 e. The highest BCUT2D eigenvalue weighted by Crippen LogP contribution is 2.24. The Morgan fingerprint density at radius 1 is 1.09 bits per heavy atom. The van der Waals surface area contributed by atoms with Crippen molar-refractivity contribution in [2.45, 2.75) is 39.2 Å². The molecule has 0 atom stereocenters. The zero-order chi connectivity index (χ0) is 16.4. The van der Waals surface area contributed by atoms with Gasteiger partial charge in [0.25, 0.3) is 15.8 Å². The van der Waals surface area contributed by atoms with Gasteiger partial charge in [0.05, 0.1) is 12.2 Å². The Balaban J connectivity index is 1.59. The molecule has 1 aromatic heterocycles. The average molecular weight is 340 g/mol. The predicted octanol–water partition coefficient (Wildman–Crippen LogP) is 0.604. The van der Waals surface area contributed by atoms with Crippen LogP contribution in [0.1, 0.15) is 31.4 Å². The molecule has 3 rings (SSSR count). The van der Waals surface area contributed by atoms with E-state index in [4.69, 9.17) is 0 Å². The minimum Gasteiger partial charge on any atom is -0.268 e. The van der Waals surface area contributed by atoms with Crippen LogP contribution in [0.3, 0.4) is 0 Å². The summed E-state index contributed by atoms with van der Waals surface area (Å²) in [4.78, 5) is 11.8. The Labute approximate surface area is 137 Å². The summed E-state index contributed by atoms with van der Waals surface area (Å²) >= 11 is 0. The van der Waals surface area contributed by atoms with Crippen molar-refractivity contribution >= 4 is 10.2 Å². The van der Waals surface area contributed by atoms with Gasteiger partial charge in [0, 0.05) is 38.2 Å². The number of nitrogens with zero attached hydrogens (tertiary/aromatic N) is 4. The number of rotatable bonds is 4. The van der Waals surface area contributed by atoms with E-state index in [0.29, 0.717) is 32.7 Å². The zero-order valence-electron chi connectivity index (χ0n) is 13.5. The standard InChI is InChI=1S/C15H24N4O3S/c1-13-6-7-15(20)19(16-13)12-14-10-18(11-14)23(21,22)17-8-4-2-3-5-9-17/h6-7,14H,2-5,8-12H2,1H3. The molecule has 0 spiro atoms. The van der Waals surface area contributed by atoms with Crippen LogP contribution in [-0.2, 0) is 16.8 Å². The molecule has 0 N–H and O–H groups in total. The van der Waals surface area contributed by atoms with Gasteiger partial charge < -0.3 is 0 Å². The molecule has 3 heterocycles. The average Bonchev–Trinajstić information content (AvgIpc) is 2.75. The normalized spacial score (nSPS) is 21.8. The molecular weight excluding hydrogens is 316 g/mol. The number of aryl methyl sites for hydroxylation is 1. The summed E-state index contributed by atoms with van der Waals surface area (Å²) in [6, 6.07) is 3.20. The summed E-state index contributed by atoms with van der Waals surface area (Å²) in [6.07, 6.45) is 4.10. The van der Waals surface area contributed by atoms with Crippen molar-refractivity contribution in [2.24, 2.45) is 5.92 Å². The molecule has 2 aliphatic heterocycles. The van der Waals surface area contributed by atoms with Gasteiger partial charge in [0.2, 0.25) is 0 Å². The highest BCUT2D eigenvalue weighted by molar-refractivity contribution is 7.86. The maximum Gasteiger partial charge on any atom is 0.281 e. The fourth-order valence-electron chi connectivity index (χ4n) is 3.19. The van der Waals surface area contributed by atoms with Gasteiger partial charge in [-0.2, -0.15) is 22.1 Å². The van der Waals surface area contributed by atoms with Crippen LogP contribution in [0, 0.1) is 12.8 Å². The molecule has 0 unspecified atom stereocenters. The topological polar surface area (TPSA) is 75.5 Å². The van der Waals surface area contributed by atoms with Crippen molar-refractivity contribution in [3.63, 3.8) is 0 Å². The van der Waals surface area contributed by atoms with Crippen LogP contribution in [0.15, 0.2) is 16.9 Å². The Morgan fingerprint density at radius 3 is 2.39 bits per heavy atom. The fourth-order valence-corrected chi connectivity index (χ4v) is 5.03. The van der Waals surface area contributed by atoms with Crippen molar-refractivity contribution in [1.29, 1.82) is 0 Å². The third-order valence-corrected chi connectivity index (χ3v) is 6.54. The summed E-state index contributed by atoms with van der Waals surface area (Å²) < 4.78 is 29.8. The van der Waals surface area contributed by atoms with E-state index in [9.17, 15) is 13.2 Å². The van der Waals surface area contributed by atoms with E-state index in [2.05, 4.69) is 5.10 Å². The van der Waals surface area contributed by atoms with Gasteiger partial charge in [-0.15, -0.1) is 0 Å². The number of aromatic nitrogens is 2. The van der Waals surface area contributed by atoms with Gasteiger partial charge in [-0.1, -0.05) is 12.8 Å². The van der Waals surface area contributed by atoms with Crippen molar-refractivity contribution in [2.75, 3.05) is 26.2 Å². The lowest BCUT2D eigenvalue weighted by Crippen LogP contribution is -2.56. The van der Waals surface area contributed by atoms with Gasteiger partial charge in [0.1, 0.15) is 0 Å². The van der Waals surface area contributed by atoms with Crippen molar-refractivity contribution < 1.29 is 8.42 Å². The van der Waals surface area contributed by atoms with Crippen LogP contribution in [0.2, 0.25) is 0 Å². The Bertz CT molecular complexity index is 702. The molecule has 2 aliphatic rings. The third-order valence-electron chi connectivity index (χ3n) is 4.57. The second kappa shape index (κ2) is 6.70. The minimum absolute atomic E-state index is 0.135. The summed E-state index contributed by atoms with van der Waals surface area (Å²) in [5, 5.41) is 4.21. The summed E-state index contributed by atoms with van der Waals surface area (Å²) in [5.41, 5.74) is 0.655. The van der Waals surface area contributed by atoms with Crippen LogP contribution in [0.25, 0.3) is 0 Å². The van der Waals surface area contributed by atoms with Crippen LogP contribution < -0.4 is 5.56 Å². The molecule has 0 bridgehead atoms. The SMILES string of the molecule is Cc1ccc(=O)n(CC2CN(S(=O)(=O)N3CCCCCC3)C2)n1. The molecule has 2 fully saturated rings. The van der Waals surface area contributed by atoms with Gasteiger partial charge in [-0.05, 0) is 25.8 Å². The first-order chi connectivity index (χ1) is 11.0. The van der Waals surface area contributed by atoms with Crippen molar-refractivity contribution in [1.82, 2.24) is 18.4 Å². The van der Waals surface area contributed by atoms with Gasteiger partial charge in [-0.25, -0.2) is 4.68 Å². The van der Waals surface area contributed by atoms with Crippen LogP contribution in [0.4, 0.5) is 0 Å². The van der Waals surface area contributed by atoms with E-state index in [1.165, 1.54) is 15.1 Å². The monoisotopic (exact) mass is 340 g/mol. The molecule has 1 aromatic rings. The van der Waals surface area contributed by atoms with E-state index in [-0.39, 0.29) is 11.5 Å². The predicted molar refractivity (Wildman–Crippen MR) is 87.3 cm³/mol. The summed E-state index contributed by atoms with van der Waals surface area (Å²) in [5.74, 6) is 0.156. The summed E-state index contributed by atoms with van der Waals surface area (Å²) in [7, 11) is -3.33. The molecular formula is C15H24N4O3S. The fraction of sp³-hybridized carbons (Fsp3) is 0.733. The van der Waals surface area contributed by atoms with Crippen LogP contribution in [-0.4, -0.2) is 53.0 Å². The Hall–Kier alpha value is -1.25. The number of hydrogen-bond acceptors (Lipinski definition) is 4. The van der Waals surface area contributed by atoms with Crippen LogP contribution in [0.5, 0.6) is 0 Å². The zero-order valence-corrected chi connectivity index (χ0v) is 14.3. The Morgan fingerprint density at radius 2 is 1.74 bits per heavy atom. The van der Waals surface area contributed by atoms with Gasteiger partial charge in [0.15, 0.2) is 0 Å². The van der Waals surface area contributed by atoms with Crippen molar-refractivity contribution in [3.05, 3.63) is 28.2 Å². The minimum atomic E-state index is -3.33.